The van der Waals surface area contributed by atoms with Gasteiger partial charge in [0.2, 0.25) is 0 Å². The Kier molecular flexibility index (Phi) is 2.75. The van der Waals surface area contributed by atoms with E-state index in [0.29, 0.717) is 5.69 Å². The molecule has 0 radical (unpaired) electrons. The predicted molar refractivity (Wildman–Crippen MR) is 52.9 cm³/mol. The Bertz CT molecular complexity index is 435. The molecule has 0 fully saturated rings. The molecule has 0 unspecified atom stereocenters. The zero-order chi connectivity index (χ0) is 10.8. The van der Waals surface area contributed by atoms with Crippen LogP contribution in [0.1, 0.15) is 0 Å². The first-order chi connectivity index (χ1) is 6.43. The Balaban J connectivity index is 2.84. The highest BCUT2D eigenvalue weighted by Crippen LogP contribution is 2.05. The molecule has 8 heteroatoms. The van der Waals surface area contributed by atoms with Crippen molar-refractivity contribution in [2.75, 3.05) is 18.6 Å². The van der Waals surface area contributed by atoms with Gasteiger partial charge in [-0.1, -0.05) is 0 Å². The summed E-state index contributed by atoms with van der Waals surface area (Å²) in [4.78, 5) is 0. The first-order valence-corrected chi connectivity index (χ1v) is 5.57. The molecule has 1 heterocycles. The molecule has 0 bridgehead atoms. The summed E-state index contributed by atoms with van der Waals surface area (Å²) in [7, 11) is -1.77. The molecule has 0 spiro atoms. The van der Waals surface area contributed by atoms with Gasteiger partial charge in [-0.25, -0.2) is 8.42 Å². The summed E-state index contributed by atoms with van der Waals surface area (Å²) in [5.41, 5.74) is 0.440. The van der Waals surface area contributed by atoms with Crippen molar-refractivity contribution in [3.63, 3.8) is 0 Å². The maximum atomic E-state index is 11.0. The summed E-state index contributed by atoms with van der Waals surface area (Å²) >= 11 is 0. The van der Waals surface area contributed by atoms with Crippen LogP contribution in [0.25, 0.3) is 0 Å². The SMILES string of the molecule is CNC(=N)Nc1cnn(S(C)(=O)=O)c1. The van der Waals surface area contributed by atoms with Crippen LogP contribution in [0.5, 0.6) is 0 Å². The van der Waals surface area contributed by atoms with E-state index in [4.69, 9.17) is 5.41 Å². The van der Waals surface area contributed by atoms with Gasteiger partial charge < -0.3 is 10.6 Å². The van der Waals surface area contributed by atoms with E-state index in [1.807, 2.05) is 0 Å². The molecule has 0 aliphatic carbocycles. The quantitative estimate of drug-likeness (QED) is 0.447. The molecule has 0 saturated carbocycles. The van der Waals surface area contributed by atoms with Crippen LogP contribution >= 0.6 is 0 Å². The lowest BCUT2D eigenvalue weighted by Crippen LogP contribution is -2.25. The van der Waals surface area contributed by atoms with Crippen LogP contribution in [0.4, 0.5) is 5.69 Å². The molecule has 78 valence electrons. The molecular formula is C6H11N5O2S. The summed E-state index contributed by atoms with van der Waals surface area (Å²) in [6.07, 6.45) is 3.67. The Morgan fingerprint density at radius 2 is 2.29 bits per heavy atom. The normalized spacial score (nSPS) is 11.0. The van der Waals surface area contributed by atoms with Gasteiger partial charge in [-0.3, -0.25) is 5.41 Å². The number of guanidine groups is 1. The molecule has 3 N–H and O–H groups in total. The van der Waals surface area contributed by atoms with Crippen molar-refractivity contribution in [3.05, 3.63) is 12.4 Å². The number of aromatic nitrogens is 2. The van der Waals surface area contributed by atoms with Crippen LogP contribution < -0.4 is 10.6 Å². The van der Waals surface area contributed by atoms with Crippen molar-refractivity contribution in [2.45, 2.75) is 0 Å². The molecule has 0 aliphatic heterocycles. The third-order valence-electron chi connectivity index (χ3n) is 1.42. The summed E-state index contributed by atoms with van der Waals surface area (Å²) in [6.45, 7) is 0. The summed E-state index contributed by atoms with van der Waals surface area (Å²) in [5, 5.41) is 16.0. The van der Waals surface area contributed by atoms with E-state index < -0.39 is 10.0 Å². The molecule has 14 heavy (non-hydrogen) atoms. The Hall–Kier alpha value is -1.57. The lowest BCUT2D eigenvalue weighted by molar-refractivity contribution is 0.586. The minimum atomic E-state index is -3.35. The van der Waals surface area contributed by atoms with Gasteiger partial charge in [0.05, 0.1) is 24.3 Å². The molecule has 0 amide bonds. The zero-order valence-electron chi connectivity index (χ0n) is 7.77. The fourth-order valence-corrected chi connectivity index (χ4v) is 1.28. The molecule has 0 aliphatic rings. The Morgan fingerprint density at radius 3 is 2.71 bits per heavy atom. The second kappa shape index (κ2) is 3.66. The number of nitrogens with zero attached hydrogens (tertiary/aromatic N) is 2. The fourth-order valence-electron chi connectivity index (χ4n) is 0.758. The monoisotopic (exact) mass is 217 g/mol. The Morgan fingerprint density at radius 1 is 1.64 bits per heavy atom. The summed E-state index contributed by atoms with van der Waals surface area (Å²) in [6, 6.07) is 0. The lowest BCUT2D eigenvalue weighted by Gasteiger charge is -2.02. The second-order valence-corrected chi connectivity index (χ2v) is 4.45. The van der Waals surface area contributed by atoms with Gasteiger partial charge in [0.25, 0.3) is 10.0 Å². The van der Waals surface area contributed by atoms with E-state index in [1.165, 1.54) is 12.4 Å². The topological polar surface area (TPSA) is 99.9 Å². The number of hydrogen-bond donors (Lipinski definition) is 3. The fraction of sp³-hybridized carbons (Fsp3) is 0.333. The molecule has 1 aromatic rings. The molecule has 0 aromatic carbocycles. The average molecular weight is 217 g/mol. The van der Waals surface area contributed by atoms with Gasteiger partial charge in [0, 0.05) is 7.05 Å². The number of hydrogen-bond acceptors (Lipinski definition) is 4. The third kappa shape index (κ3) is 2.46. The standard InChI is InChI=1S/C6H11N5O2S/c1-8-6(7)10-5-3-9-11(4-5)14(2,12)13/h3-4H,1-2H3,(H3,7,8,10). The molecule has 0 atom stereocenters. The largest absolute Gasteiger partial charge is 0.359 e. The van der Waals surface area contributed by atoms with Crippen molar-refractivity contribution in [1.29, 1.82) is 5.41 Å². The zero-order valence-corrected chi connectivity index (χ0v) is 8.59. The second-order valence-electron chi connectivity index (χ2n) is 2.61. The maximum Gasteiger partial charge on any atom is 0.250 e. The minimum absolute atomic E-state index is 0.0676. The first-order valence-electron chi connectivity index (χ1n) is 3.72. The van der Waals surface area contributed by atoms with Gasteiger partial charge in [0.1, 0.15) is 0 Å². The lowest BCUT2D eigenvalue weighted by atomic mass is 10.6. The van der Waals surface area contributed by atoms with E-state index in [0.717, 1.165) is 10.3 Å². The average Bonchev–Trinajstić information content (AvgIpc) is 2.51. The van der Waals surface area contributed by atoms with Crippen molar-refractivity contribution in [2.24, 2.45) is 0 Å². The van der Waals surface area contributed by atoms with Gasteiger partial charge in [-0.15, -0.1) is 0 Å². The third-order valence-corrected chi connectivity index (χ3v) is 2.30. The molecule has 1 rings (SSSR count). The predicted octanol–water partition coefficient (Wildman–Crippen LogP) is -0.743. The highest BCUT2D eigenvalue weighted by atomic mass is 32.2. The van der Waals surface area contributed by atoms with Crippen LogP contribution in [-0.2, 0) is 10.0 Å². The van der Waals surface area contributed by atoms with Crippen molar-refractivity contribution in [1.82, 2.24) is 14.5 Å². The van der Waals surface area contributed by atoms with E-state index in [-0.39, 0.29) is 5.96 Å². The van der Waals surface area contributed by atoms with E-state index in [9.17, 15) is 8.42 Å². The van der Waals surface area contributed by atoms with Gasteiger partial charge in [-0.2, -0.15) is 9.19 Å². The van der Waals surface area contributed by atoms with Crippen LogP contribution in [0.2, 0.25) is 0 Å². The highest BCUT2D eigenvalue weighted by Gasteiger charge is 2.07. The number of nitrogens with one attached hydrogen (secondary N) is 3. The van der Waals surface area contributed by atoms with Crippen LogP contribution in [0.15, 0.2) is 12.4 Å². The van der Waals surface area contributed by atoms with Gasteiger partial charge >= 0.3 is 0 Å². The minimum Gasteiger partial charge on any atom is -0.359 e. The molecular weight excluding hydrogens is 206 g/mol. The summed E-state index contributed by atoms with van der Waals surface area (Å²) in [5.74, 6) is 0.0676. The van der Waals surface area contributed by atoms with E-state index >= 15 is 0 Å². The number of rotatable bonds is 2. The van der Waals surface area contributed by atoms with Crippen molar-refractivity contribution < 1.29 is 8.42 Å². The van der Waals surface area contributed by atoms with Gasteiger partial charge in [-0.05, 0) is 0 Å². The maximum absolute atomic E-state index is 11.0. The Labute approximate surface area is 81.7 Å². The van der Waals surface area contributed by atoms with Crippen LogP contribution in [0, 0.1) is 5.41 Å². The smallest absolute Gasteiger partial charge is 0.250 e. The molecule has 7 nitrogen and oxygen atoms in total. The van der Waals surface area contributed by atoms with Crippen molar-refractivity contribution in [3.8, 4) is 0 Å². The van der Waals surface area contributed by atoms with E-state index in [2.05, 4.69) is 15.7 Å². The van der Waals surface area contributed by atoms with Crippen LogP contribution in [0.3, 0.4) is 0 Å². The molecule has 1 aromatic heterocycles. The first kappa shape index (κ1) is 10.5. The summed E-state index contributed by atoms with van der Waals surface area (Å²) < 4.78 is 22.8. The van der Waals surface area contributed by atoms with Gasteiger partial charge in [0.15, 0.2) is 5.96 Å². The highest BCUT2D eigenvalue weighted by molar-refractivity contribution is 7.89. The van der Waals surface area contributed by atoms with E-state index in [1.54, 1.807) is 7.05 Å². The number of anilines is 1. The van der Waals surface area contributed by atoms with Crippen LogP contribution in [-0.4, -0.2) is 36.9 Å². The molecule has 0 saturated heterocycles. The van der Waals surface area contributed by atoms with Crippen molar-refractivity contribution >= 4 is 21.7 Å².